The van der Waals surface area contributed by atoms with Crippen molar-refractivity contribution in [3.8, 4) is 0 Å². The van der Waals surface area contributed by atoms with E-state index in [2.05, 4.69) is 10.4 Å². The van der Waals surface area contributed by atoms with E-state index in [9.17, 15) is 9.90 Å². The number of nitrogens with one attached hydrogen (secondary N) is 1. The Morgan fingerprint density at radius 3 is 2.90 bits per heavy atom. The quantitative estimate of drug-likeness (QED) is 0.667. The van der Waals surface area contributed by atoms with E-state index in [1.165, 1.54) is 5.56 Å². The Morgan fingerprint density at radius 2 is 2.35 bits per heavy atom. The van der Waals surface area contributed by atoms with Gasteiger partial charge in [0, 0.05) is 31.7 Å². The van der Waals surface area contributed by atoms with Gasteiger partial charge in [-0.15, -0.1) is 12.4 Å². The summed E-state index contributed by atoms with van der Waals surface area (Å²) in [5, 5.41) is 16.5. The summed E-state index contributed by atoms with van der Waals surface area (Å²) in [6, 6.07) is -0.258. The summed E-state index contributed by atoms with van der Waals surface area (Å²) in [4.78, 5) is 11.9. The summed E-state index contributed by atoms with van der Waals surface area (Å²) in [5.74, 6) is -0.124. The van der Waals surface area contributed by atoms with Crippen LogP contribution in [0.4, 0.5) is 0 Å². The number of hydrogen-bond acceptors (Lipinski definition) is 4. The zero-order valence-electron chi connectivity index (χ0n) is 11.7. The Bertz CT molecular complexity index is 428. The summed E-state index contributed by atoms with van der Waals surface area (Å²) in [6.45, 7) is 0.648. The van der Waals surface area contributed by atoms with Gasteiger partial charge in [-0.2, -0.15) is 5.10 Å². The Kier molecular flexibility index (Phi) is 6.45. The standard InChI is InChI=1S/C13H22N4O2.ClH/c1-17-8-9(7-16-17)3-2-4-15-13(19)10-5-11(14)12(18)6-10;/h7-8,10-12,18H,2-6,14H2,1H3,(H,15,19);1H/t10-,11+,12+;/m0./s1. The van der Waals surface area contributed by atoms with E-state index in [-0.39, 0.29) is 30.3 Å². The molecule has 1 heterocycles. The summed E-state index contributed by atoms with van der Waals surface area (Å²) in [5.41, 5.74) is 6.88. The van der Waals surface area contributed by atoms with Crippen LogP contribution in [0.15, 0.2) is 12.4 Å². The number of aliphatic hydroxyl groups is 1. The van der Waals surface area contributed by atoms with Crippen LogP contribution in [0.1, 0.15) is 24.8 Å². The third-order valence-corrected chi connectivity index (χ3v) is 3.65. The molecule has 7 heteroatoms. The highest BCUT2D eigenvalue weighted by Crippen LogP contribution is 2.24. The lowest BCUT2D eigenvalue weighted by Gasteiger charge is -2.10. The molecule has 0 aromatic carbocycles. The monoisotopic (exact) mass is 302 g/mol. The van der Waals surface area contributed by atoms with E-state index in [1.807, 2.05) is 19.4 Å². The topological polar surface area (TPSA) is 93.2 Å². The molecule has 6 nitrogen and oxygen atoms in total. The molecule has 4 N–H and O–H groups in total. The minimum Gasteiger partial charge on any atom is -0.391 e. The molecule has 1 aliphatic carbocycles. The van der Waals surface area contributed by atoms with E-state index in [4.69, 9.17) is 5.73 Å². The highest BCUT2D eigenvalue weighted by Gasteiger charge is 2.34. The maximum atomic E-state index is 11.9. The number of carbonyl (C=O) groups is 1. The van der Waals surface area contributed by atoms with Crippen LogP contribution < -0.4 is 11.1 Å². The summed E-state index contributed by atoms with van der Waals surface area (Å²) < 4.78 is 1.77. The van der Waals surface area contributed by atoms with Gasteiger partial charge in [0.25, 0.3) is 0 Å². The first kappa shape index (κ1) is 16.9. The number of rotatable bonds is 5. The summed E-state index contributed by atoms with van der Waals surface area (Å²) in [7, 11) is 1.89. The minimum atomic E-state index is -0.536. The molecule has 1 fully saturated rings. The van der Waals surface area contributed by atoms with Gasteiger partial charge in [-0.1, -0.05) is 0 Å². The van der Waals surface area contributed by atoms with Crippen molar-refractivity contribution >= 4 is 18.3 Å². The second-order valence-electron chi connectivity index (χ2n) is 5.32. The molecular formula is C13H23ClN4O2. The van der Waals surface area contributed by atoms with Crippen molar-refractivity contribution in [3.05, 3.63) is 18.0 Å². The van der Waals surface area contributed by atoms with Crippen molar-refractivity contribution in [2.45, 2.75) is 37.8 Å². The molecule has 0 saturated heterocycles. The van der Waals surface area contributed by atoms with Gasteiger partial charge in [0.05, 0.1) is 12.3 Å². The Balaban J connectivity index is 0.00000200. The van der Waals surface area contributed by atoms with Crippen molar-refractivity contribution in [3.63, 3.8) is 0 Å². The van der Waals surface area contributed by atoms with Crippen LogP contribution in [0.3, 0.4) is 0 Å². The fourth-order valence-electron chi connectivity index (χ4n) is 2.51. The van der Waals surface area contributed by atoms with E-state index < -0.39 is 6.10 Å². The fourth-order valence-corrected chi connectivity index (χ4v) is 2.51. The summed E-state index contributed by atoms with van der Waals surface area (Å²) >= 11 is 0. The molecule has 1 amide bonds. The van der Waals surface area contributed by atoms with Crippen LogP contribution in [-0.2, 0) is 18.3 Å². The molecule has 1 aliphatic rings. The second-order valence-corrected chi connectivity index (χ2v) is 5.32. The molecule has 20 heavy (non-hydrogen) atoms. The number of nitrogens with two attached hydrogens (primary N) is 1. The van der Waals surface area contributed by atoms with Crippen molar-refractivity contribution < 1.29 is 9.90 Å². The molecule has 0 radical (unpaired) electrons. The Labute approximate surface area is 125 Å². The van der Waals surface area contributed by atoms with E-state index in [0.717, 1.165) is 12.8 Å². The molecule has 0 spiro atoms. The van der Waals surface area contributed by atoms with Crippen LogP contribution >= 0.6 is 12.4 Å². The van der Waals surface area contributed by atoms with Gasteiger partial charge in [0.15, 0.2) is 0 Å². The van der Waals surface area contributed by atoms with Crippen LogP contribution in [0.2, 0.25) is 0 Å². The van der Waals surface area contributed by atoms with Gasteiger partial charge in [-0.3, -0.25) is 9.48 Å². The van der Waals surface area contributed by atoms with Crippen LogP contribution in [-0.4, -0.2) is 39.5 Å². The predicted molar refractivity (Wildman–Crippen MR) is 78.5 cm³/mol. The third-order valence-electron chi connectivity index (χ3n) is 3.65. The number of hydrogen-bond donors (Lipinski definition) is 3. The first-order valence-electron chi connectivity index (χ1n) is 6.75. The molecule has 1 aromatic heterocycles. The molecule has 0 aliphatic heterocycles. The maximum absolute atomic E-state index is 11.9. The highest BCUT2D eigenvalue weighted by molar-refractivity contribution is 5.85. The zero-order chi connectivity index (χ0) is 13.8. The van der Waals surface area contributed by atoms with Gasteiger partial charge in [0.1, 0.15) is 0 Å². The molecule has 0 bridgehead atoms. The number of aliphatic hydroxyl groups excluding tert-OH is 1. The lowest BCUT2D eigenvalue weighted by Crippen LogP contribution is -2.31. The Hall–Kier alpha value is -1.11. The molecule has 0 unspecified atom stereocenters. The Morgan fingerprint density at radius 1 is 1.60 bits per heavy atom. The molecule has 1 aromatic rings. The number of aryl methyl sites for hydroxylation is 2. The van der Waals surface area contributed by atoms with Crippen LogP contribution in [0.25, 0.3) is 0 Å². The lowest BCUT2D eigenvalue weighted by atomic mass is 10.1. The SMILES string of the molecule is Cl.Cn1cc(CCCNC(=O)[C@H]2C[C@@H](N)[C@H](O)C2)cn1. The second kappa shape index (κ2) is 7.61. The average Bonchev–Trinajstić information content (AvgIpc) is 2.92. The number of aromatic nitrogens is 2. The first-order chi connectivity index (χ1) is 9.06. The van der Waals surface area contributed by atoms with Crippen LogP contribution in [0, 0.1) is 5.92 Å². The zero-order valence-corrected chi connectivity index (χ0v) is 12.5. The molecule has 3 atom stereocenters. The van der Waals surface area contributed by atoms with E-state index >= 15 is 0 Å². The van der Waals surface area contributed by atoms with Crippen molar-refractivity contribution in [2.24, 2.45) is 18.7 Å². The summed E-state index contributed by atoms with van der Waals surface area (Å²) in [6.07, 6.45) is 6.14. The number of nitrogens with zero attached hydrogens (tertiary/aromatic N) is 2. The van der Waals surface area contributed by atoms with Gasteiger partial charge in [-0.05, 0) is 31.2 Å². The molecular weight excluding hydrogens is 280 g/mol. The molecule has 2 rings (SSSR count). The van der Waals surface area contributed by atoms with Crippen molar-refractivity contribution in [1.82, 2.24) is 15.1 Å². The van der Waals surface area contributed by atoms with Crippen molar-refractivity contribution in [2.75, 3.05) is 6.54 Å². The number of carbonyl (C=O) groups excluding carboxylic acids is 1. The van der Waals surface area contributed by atoms with Crippen LogP contribution in [0.5, 0.6) is 0 Å². The first-order valence-corrected chi connectivity index (χ1v) is 6.75. The van der Waals surface area contributed by atoms with Gasteiger partial charge >= 0.3 is 0 Å². The molecule has 114 valence electrons. The average molecular weight is 303 g/mol. The van der Waals surface area contributed by atoms with E-state index in [0.29, 0.717) is 19.4 Å². The molecule has 1 saturated carbocycles. The lowest BCUT2D eigenvalue weighted by molar-refractivity contribution is -0.125. The highest BCUT2D eigenvalue weighted by atomic mass is 35.5. The minimum absolute atomic E-state index is 0. The number of halogens is 1. The largest absolute Gasteiger partial charge is 0.391 e. The smallest absolute Gasteiger partial charge is 0.223 e. The number of amides is 1. The third kappa shape index (κ3) is 4.47. The fraction of sp³-hybridized carbons (Fsp3) is 0.692. The van der Waals surface area contributed by atoms with Gasteiger partial charge < -0.3 is 16.2 Å². The van der Waals surface area contributed by atoms with Crippen molar-refractivity contribution in [1.29, 1.82) is 0 Å². The van der Waals surface area contributed by atoms with Gasteiger partial charge in [0.2, 0.25) is 5.91 Å². The van der Waals surface area contributed by atoms with Gasteiger partial charge in [-0.25, -0.2) is 0 Å². The maximum Gasteiger partial charge on any atom is 0.223 e. The normalized spacial score (nSPS) is 25.2. The predicted octanol–water partition coefficient (Wildman–Crippen LogP) is -0.0111. The van der Waals surface area contributed by atoms with E-state index in [1.54, 1.807) is 4.68 Å².